The lowest BCUT2D eigenvalue weighted by molar-refractivity contribution is 0.453. The molecule has 0 atom stereocenters. The number of hydrogen-bond donors (Lipinski definition) is 4. The fourth-order valence-corrected chi connectivity index (χ4v) is 7.85. The predicted octanol–water partition coefficient (Wildman–Crippen LogP) is 12.6. The van der Waals surface area contributed by atoms with E-state index in [-0.39, 0.29) is 17.2 Å². The zero-order valence-corrected chi connectivity index (χ0v) is 33.1. The van der Waals surface area contributed by atoms with Gasteiger partial charge in [0.2, 0.25) is 0 Å². The lowest BCUT2D eigenvalue weighted by Gasteiger charge is -2.18. The van der Waals surface area contributed by atoms with Crippen molar-refractivity contribution in [2.24, 2.45) is 0 Å². The van der Waals surface area contributed by atoms with Gasteiger partial charge in [-0.1, -0.05) is 145 Å². The van der Waals surface area contributed by atoms with E-state index in [1.54, 1.807) is 0 Å². The van der Waals surface area contributed by atoms with E-state index in [0.29, 0.717) is 25.0 Å². The van der Waals surface area contributed by atoms with Crippen LogP contribution in [0.1, 0.15) is 165 Å². The van der Waals surface area contributed by atoms with Gasteiger partial charge in [-0.15, -0.1) is 0 Å². The number of rotatable bonds is 21. The molecule has 0 aliphatic rings. The van der Waals surface area contributed by atoms with Crippen molar-refractivity contribution >= 4 is 0 Å². The molecule has 0 aromatic heterocycles. The molecule has 4 aromatic carbocycles. The standard InChI is InChI=1S/C48H66O4/c1-7-10-12-14-16-18-20-36-26-38(9-3)46(50)42(27-36)32-44-29-37(21-19-17-15-13-11-8-2)28-43(48(44)52)31-41-25-34(5)24-40(47(41)51)30-39-23-33(4)22-35(6)45(39)49/h22-29,49-52H,7-21,30-32H2,1-6H3. The molecule has 4 nitrogen and oxygen atoms in total. The second-order valence-corrected chi connectivity index (χ2v) is 15.5. The SMILES string of the molecule is CCCCCCCCc1cc(CC)c(O)c(Cc2cc(CCCCCCCC)cc(Cc3cc(C)cc(Cc4cc(C)cc(C)c4O)c3O)c2O)c1. The first-order valence-corrected chi connectivity index (χ1v) is 20.3. The van der Waals surface area contributed by atoms with E-state index in [0.717, 1.165) is 87.7 Å². The summed E-state index contributed by atoms with van der Waals surface area (Å²) in [5.41, 5.74) is 11.1. The van der Waals surface area contributed by atoms with Crippen molar-refractivity contribution in [3.63, 3.8) is 0 Å². The predicted molar refractivity (Wildman–Crippen MR) is 219 cm³/mol. The molecule has 0 unspecified atom stereocenters. The molecule has 0 radical (unpaired) electrons. The van der Waals surface area contributed by atoms with Gasteiger partial charge in [0.1, 0.15) is 23.0 Å². The zero-order chi connectivity index (χ0) is 37.6. The van der Waals surface area contributed by atoms with Crippen LogP contribution in [0.5, 0.6) is 23.0 Å². The van der Waals surface area contributed by atoms with Crippen LogP contribution in [0.2, 0.25) is 0 Å². The molecule has 0 bridgehead atoms. The summed E-state index contributed by atoms with van der Waals surface area (Å²) in [5.74, 6) is 1.05. The minimum Gasteiger partial charge on any atom is -0.507 e. The summed E-state index contributed by atoms with van der Waals surface area (Å²) in [7, 11) is 0. The van der Waals surface area contributed by atoms with Gasteiger partial charge in [-0.2, -0.15) is 0 Å². The summed E-state index contributed by atoms with van der Waals surface area (Å²) in [4.78, 5) is 0. The van der Waals surface area contributed by atoms with Crippen LogP contribution in [0.4, 0.5) is 0 Å². The van der Waals surface area contributed by atoms with Gasteiger partial charge in [-0.3, -0.25) is 0 Å². The van der Waals surface area contributed by atoms with Crippen molar-refractivity contribution in [3.05, 3.63) is 115 Å². The van der Waals surface area contributed by atoms with Gasteiger partial charge in [0.15, 0.2) is 0 Å². The largest absolute Gasteiger partial charge is 0.507 e. The molecule has 4 aromatic rings. The molecule has 0 aliphatic carbocycles. The Morgan fingerprint density at radius 1 is 0.365 bits per heavy atom. The van der Waals surface area contributed by atoms with E-state index in [1.807, 2.05) is 45.0 Å². The van der Waals surface area contributed by atoms with Crippen LogP contribution in [-0.4, -0.2) is 20.4 Å². The number of phenols is 4. The second-order valence-electron chi connectivity index (χ2n) is 15.5. The Morgan fingerprint density at radius 3 is 1.12 bits per heavy atom. The summed E-state index contributed by atoms with van der Waals surface area (Å²) in [6.45, 7) is 12.5. The average molecular weight is 707 g/mol. The Morgan fingerprint density at radius 2 is 0.692 bits per heavy atom. The van der Waals surface area contributed by atoms with Crippen molar-refractivity contribution in [2.75, 3.05) is 0 Å². The summed E-state index contributed by atoms with van der Waals surface area (Å²) in [6.07, 6.45) is 18.7. The topological polar surface area (TPSA) is 80.9 Å². The van der Waals surface area contributed by atoms with Crippen molar-refractivity contribution in [1.29, 1.82) is 0 Å². The minimum atomic E-state index is 0.207. The molecule has 4 rings (SSSR count). The molecular weight excluding hydrogens is 641 g/mol. The monoisotopic (exact) mass is 706 g/mol. The Kier molecular flexibility index (Phi) is 16.0. The van der Waals surface area contributed by atoms with Gasteiger partial charge in [-0.25, -0.2) is 0 Å². The molecule has 0 amide bonds. The van der Waals surface area contributed by atoms with Gasteiger partial charge >= 0.3 is 0 Å². The number of phenolic OH excluding ortho intramolecular Hbond substituents is 4. The Hall–Kier alpha value is -3.92. The van der Waals surface area contributed by atoms with E-state index in [9.17, 15) is 20.4 Å². The van der Waals surface area contributed by atoms with Crippen molar-refractivity contribution in [2.45, 2.75) is 157 Å². The Balaban J connectivity index is 1.66. The smallest absolute Gasteiger partial charge is 0.122 e. The van der Waals surface area contributed by atoms with Crippen LogP contribution in [0.15, 0.2) is 48.5 Å². The third kappa shape index (κ3) is 11.5. The molecule has 0 saturated heterocycles. The molecular formula is C48H66O4. The average Bonchev–Trinajstić information content (AvgIpc) is 3.11. The first-order valence-electron chi connectivity index (χ1n) is 20.3. The van der Waals surface area contributed by atoms with Crippen LogP contribution in [0.25, 0.3) is 0 Å². The third-order valence-corrected chi connectivity index (χ3v) is 10.8. The highest BCUT2D eigenvalue weighted by Crippen LogP contribution is 2.37. The number of aromatic hydroxyl groups is 4. The minimum absolute atomic E-state index is 0.207. The van der Waals surface area contributed by atoms with Crippen LogP contribution in [0, 0.1) is 20.8 Å². The van der Waals surface area contributed by atoms with Gasteiger partial charge in [0.25, 0.3) is 0 Å². The molecule has 0 saturated carbocycles. The fraction of sp³-hybridized carbons (Fsp3) is 0.500. The van der Waals surface area contributed by atoms with E-state index in [2.05, 4.69) is 45.0 Å². The summed E-state index contributed by atoms with van der Waals surface area (Å²) in [6, 6.07) is 16.5. The van der Waals surface area contributed by atoms with Crippen molar-refractivity contribution < 1.29 is 20.4 Å². The molecule has 0 spiro atoms. The quantitative estimate of drug-likeness (QED) is 0.0650. The van der Waals surface area contributed by atoms with Crippen molar-refractivity contribution in [3.8, 4) is 23.0 Å². The first kappa shape index (κ1) is 40.8. The van der Waals surface area contributed by atoms with Crippen LogP contribution >= 0.6 is 0 Å². The molecule has 282 valence electrons. The third-order valence-electron chi connectivity index (χ3n) is 10.8. The molecule has 0 aliphatic heterocycles. The lowest BCUT2D eigenvalue weighted by Crippen LogP contribution is -2.02. The van der Waals surface area contributed by atoms with Crippen LogP contribution in [0.3, 0.4) is 0 Å². The van der Waals surface area contributed by atoms with E-state index < -0.39 is 0 Å². The maximum atomic E-state index is 11.9. The molecule has 0 heterocycles. The Bertz CT molecular complexity index is 1750. The zero-order valence-electron chi connectivity index (χ0n) is 33.1. The number of aryl methyl sites for hydroxylation is 6. The molecule has 0 fully saturated rings. The summed E-state index contributed by atoms with van der Waals surface area (Å²) < 4.78 is 0. The Labute approximate surface area is 315 Å². The van der Waals surface area contributed by atoms with Crippen LogP contribution in [-0.2, 0) is 38.5 Å². The maximum absolute atomic E-state index is 11.9. The van der Waals surface area contributed by atoms with E-state index in [4.69, 9.17) is 0 Å². The second kappa shape index (κ2) is 20.4. The van der Waals surface area contributed by atoms with Crippen LogP contribution < -0.4 is 0 Å². The highest BCUT2D eigenvalue weighted by atomic mass is 16.3. The molecule has 52 heavy (non-hydrogen) atoms. The van der Waals surface area contributed by atoms with Crippen molar-refractivity contribution in [1.82, 2.24) is 0 Å². The number of benzene rings is 4. The molecule has 4 N–H and O–H groups in total. The number of unbranched alkanes of at least 4 members (excludes halogenated alkanes) is 10. The molecule has 4 heteroatoms. The fourth-order valence-electron chi connectivity index (χ4n) is 7.85. The lowest BCUT2D eigenvalue weighted by atomic mass is 9.89. The normalized spacial score (nSPS) is 11.4. The highest BCUT2D eigenvalue weighted by molar-refractivity contribution is 5.55. The van der Waals surface area contributed by atoms with E-state index >= 15 is 0 Å². The van der Waals surface area contributed by atoms with Gasteiger partial charge in [-0.05, 0) is 109 Å². The number of hydrogen-bond acceptors (Lipinski definition) is 4. The maximum Gasteiger partial charge on any atom is 0.122 e. The van der Waals surface area contributed by atoms with E-state index in [1.165, 1.54) is 75.3 Å². The summed E-state index contributed by atoms with van der Waals surface area (Å²) in [5, 5.41) is 45.7. The van der Waals surface area contributed by atoms with Gasteiger partial charge in [0.05, 0.1) is 0 Å². The highest BCUT2D eigenvalue weighted by Gasteiger charge is 2.19. The van der Waals surface area contributed by atoms with Gasteiger partial charge in [0, 0.05) is 19.3 Å². The summed E-state index contributed by atoms with van der Waals surface area (Å²) >= 11 is 0. The van der Waals surface area contributed by atoms with Gasteiger partial charge < -0.3 is 20.4 Å². The first-order chi connectivity index (χ1) is 25.0.